The van der Waals surface area contributed by atoms with Crippen LogP contribution in [0.5, 0.6) is 0 Å². The number of hydrogen-bond donors (Lipinski definition) is 2. The first-order valence-corrected chi connectivity index (χ1v) is 12.8. The standard InChI is InChI=1S/C26H23N3O6S/c1-16(30)27-19-10-12-20(13-11-19)36(34,35)29-22-9-5-3-7-18(22)14-23(29)25(31)28-21-8-4-2-6-17(21)15-24(28)26(32)33/h2-13,23-24H,14-15H2,1H3,(H,27,30)(H,32,33)/t23-,24-/m0/s1. The van der Waals surface area contributed by atoms with Crippen LogP contribution in [0.15, 0.2) is 77.7 Å². The third-order valence-electron chi connectivity index (χ3n) is 6.44. The molecule has 0 unspecified atom stereocenters. The van der Waals surface area contributed by atoms with Crippen LogP contribution >= 0.6 is 0 Å². The van der Waals surface area contributed by atoms with Crippen molar-refractivity contribution in [2.45, 2.75) is 36.7 Å². The Morgan fingerprint density at radius 3 is 2.00 bits per heavy atom. The zero-order valence-electron chi connectivity index (χ0n) is 19.3. The second-order valence-corrected chi connectivity index (χ2v) is 10.6. The van der Waals surface area contributed by atoms with E-state index in [0.717, 1.165) is 9.87 Å². The van der Waals surface area contributed by atoms with Gasteiger partial charge in [0.25, 0.3) is 15.9 Å². The number of carboxylic acids is 1. The van der Waals surface area contributed by atoms with Gasteiger partial charge in [0.1, 0.15) is 12.1 Å². The Morgan fingerprint density at radius 1 is 0.833 bits per heavy atom. The van der Waals surface area contributed by atoms with Crippen LogP contribution in [0.3, 0.4) is 0 Å². The summed E-state index contributed by atoms with van der Waals surface area (Å²) in [7, 11) is -4.21. The lowest BCUT2D eigenvalue weighted by molar-refractivity contribution is -0.140. The van der Waals surface area contributed by atoms with E-state index in [2.05, 4.69) is 5.32 Å². The van der Waals surface area contributed by atoms with Crippen LogP contribution in [0.4, 0.5) is 17.1 Å². The monoisotopic (exact) mass is 505 g/mol. The number of hydrogen-bond acceptors (Lipinski definition) is 5. The molecule has 0 fully saturated rings. The smallest absolute Gasteiger partial charge is 0.327 e. The molecule has 0 bridgehead atoms. The maximum absolute atomic E-state index is 14.0. The maximum Gasteiger partial charge on any atom is 0.327 e. The molecule has 10 heteroatoms. The average molecular weight is 506 g/mol. The van der Waals surface area contributed by atoms with E-state index in [4.69, 9.17) is 0 Å². The van der Waals surface area contributed by atoms with Crippen molar-refractivity contribution in [3.8, 4) is 0 Å². The predicted molar refractivity (Wildman–Crippen MR) is 133 cm³/mol. The fraction of sp³-hybridized carbons (Fsp3) is 0.192. The zero-order chi connectivity index (χ0) is 25.6. The van der Waals surface area contributed by atoms with Crippen LogP contribution in [0.1, 0.15) is 18.1 Å². The zero-order valence-corrected chi connectivity index (χ0v) is 20.1. The average Bonchev–Trinajstić information content (AvgIpc) is 3.43. The van der Waals surface area contributed by atoms with Gasteiger partial charge in [0.05, 0.1) is 10.6 Å². The number of carboxylic acid groups (broad SMARTS) is 1. The number of amides is 2. The topological polar surface area (TPSA) is 124 Å². The van der Waals surface area contributed by atoms with E-state index in [9.17, 15) is 27.9 Å². The van der Waals surface area contributed by atoms with Crippen LogP contribution in [0, 0.1) is 0 Å². The van der Waals surface area contributed by atoms with E-state index < -0.39 is 34.0 Å². The van der Waals surface area contributed by atoms with Gasteiger partial charge >= 0.3 is 5.97 Å². The van der Waals surface area contributed by atoms with Gasteiger partial charge in [-0.15, -0.1) is 0 Å². The highest BCUT2D eigenvalue weighted by Crippen LogP contribution is 2.40. The Balaban J connectivity index is 1.57. The molecule has 5 rings (SSSR count). The van der Waals surface area contributed by atoms with Gasteiger partial charge in [0.2, 0.25) is 5.91 Å². The summed E-state index contributed by atoms with van der Waals surface area (Å²) in [4.78, 5) is 38.5. The van der Waals surface area contributed by atoms with Gasteiger partial charge in [-0.1, -0.05) is 36.4 Å². The number of fused-ring (bicyclic) bond motifs is 2. The fourth-order valence-electron chi connectivity index (χ4n) is 4.89. The Morgan fingerprint density at radius 2 is 1.39 bits per heavy atom. The summed E-state index contributed by atoms with van der Waals surface area (Å²) < 4.78 is 28.8. The fourth-order valence-corrected chi connectivity index (χ4v) is 6.53. The third-order valence-corrected chi connectivity index (χ3v) is 8.28. The molecule has 2 aliphatic heterocycles. The van der Waals surface area contributed by atoms with Gasteiger partial charge < -0.3 is 10.4 Å². The van der Waals surface area contributed by atoms with Crippen molar-refractivity contribution in [2.75, 3.05) is 14.5 Å². The van der Waals surface area contributed by atoms with Crippen molar-refractivity contribution in [2.24, 2.45) is 0 Å². The second kappa shape index (κ2) is 8.80. The summed E-state index contributed by atoms with van der Waals surface area (Å²) in [6, 6.07) is 17.2. The molecular formula is C26H23N3O6S. The predicted octanol–water partition coefficient (Wildman–Crippen LogP) is 2.81. The number of carbonyl (C=O) groups excluding carboxylic acids is 2. The summed E-state index contributed by atoms with van der Waals surface area (Å²) >= 11 is 0. The summed E-state index contributed by atoms with van der Waals surface area (Å²) in [6.45, 7) is 1.35. The molecule has 184 valence electrons. The van der Waals surface area contributed by atoms with Gasteiger partial charge in [-0.25, -0.2) is 13.2 Å². The molecule has 2 aliphatic rings. The third kappa shape index (κ3) is 3.89. The molecule has 3 aromatic carbocycles. The largest absolute Gasteiger partial charge is 0.480 e. The molecule has 0 spiro atoms. The molecule has 2 heterocycles. The minimum absolute atomic E-state index is 0.0530. The lowest BCUT2D eigenvalue weighted by Crippen LogP contribution is -2.53. The molecule has 0 saturated heterocycles. The number of anilines is 3. The Kier molecular flexibility index (Phi) is 5.76. The van der Waals surface area contributed by atoms with Crippen LogP contribution in [-0.2, 0) is 37.2 Å². The summed E-state index contributed by atoms with van der Waals surface area (Å²) in [5.41, 5.74) is 2.68. The molecule has 3 aromatic rings. The quantitative estimate of drug-likeness (QED) is 0.550. The molecular weight excluding hydrogens is 482 g/mol. The number of rotatable bonds is 5. The molecule has 0 radical (unpaired) electrons. The highest BCUT2D eigenvalue weighted by molar-refractivity contribution is 7.93. The van der Waals surface area contributed by atoms with Crippen molar-refractivity contribution in [3.05, 3.63) is 83.9 Å². The van der Waals surface area contributed by atoms with Gasteiger partial charge in [-0.2, -0.15) is 0 Å². The summed E-state index contributed by atoms with van der Waals surface area (Å²) in [6.07, 6.45) is 0.261. The van der Waals surface area contributed by atoms with Crippen molar-refractivity contribution in [1.82, 2.24) is 0 Å². The minimum atomic E-state index is -4.21. The summed E-state index contributed by atoms with van der Waals surface area (Å²) in [5.74, 6) is -2.04. The Labute approximate surface area is 208 Å². The van der Waals surface area contributed by atoms with E-state index in [1.807, 2.05) is 0 Å². The molecule has 2 atom stereocenters. The summed E-state index contributed by atoms with van der Waals surface area (Å²) in [5, 5.41) is 12.5. The van der Waals surface area contributed by atoms with Crippen molar-refractivity contribution in [3.63, 3.8) is 0 Å². The van der Waals surface area contributed by atoms with E-state index >= 15 is 0 Å². The van der Waals surface area contributed by atoms with Gasteiger partial charge in [0, 0.05) is 31.1 Å². The first-order chi connectivity index (χ1) is 17.2. The number of nitrogens with zero attached hydrogens (tertiary/aromatic N) is 2. The minimum Gasteiger partial charge on any atom is -0.480 e. The number of sulfonamides is 1. The van der Waals surface area contributed by atoms with E-state index in [1.165, 1.54) is 36.1 Å². The Hall–Kier alpha value is -4.18. The molecule has 0 aliphatic carbocycles. The lowest BCUT2D eigenvalue weighted by Gasteiger charge is -2.31. The van der Waals surface area contributed by atoms with Crippen LogP contribution in [0.2, 0.25) is 0 Å². The van der Waals surface area contributed by atoms with Crippen molar-refractivity contribution >= 4 is 44.9 Å². The van der Waals surface area contributed by atoms with E-state index in [-0.39, 0.29) is 23.6 Å². The first kappa shape index (κ1) is 23.6. The maximum atomic E-state index is 14.0. The van der Waals surface area contributed by atoms with Crippen LogP contribution in [-0.4, -0.2) is 43.4 Å². The van der Waals surface area contributed by atoms with Crippen LogP contribution < -0.4 is 14.5 Å². The molecule has 0 saturated carbocycles. The highest BCUT2D eigenvalue weighted by Gasteiger charge is 2.48. The van der Waals surface area contributed by atoms with E-state index in [0.29, 0.717) is 22.6 Å². The number of carbonyl (C=O) groups is 3. The molecule has 36 heavy (non-hydrogen) atoms. The van der Waals surface area contributed by atoms with Crippen molar-refractivity contribution < 1.29 is 27.9 Å². The van der Waals surface area contributed by atoms with Crippen LogP contribution in [0.25, 0.3) is 0 Å². The number of para-hydroxylation sites is 2. The molecule has 2 N–H and O–H groups in total. The van der Waals surface area contributed by atoms with Gasteiger partial charge in [0.15, 0.2) is 0 Å². The van der Waals surface area contributed by atoms with Crippen molar-refractivity contribution in [1.29, 1.82) is 0 Å². The lowest BCUT2D eigenvalue weighted by atomic mass is 10.1. The second-order valence-electron chi connectivity index (χ2n) is 8.75. The number of aliphatic carboxylic acids is 1. The SMILES string of the molecule is CC(=O)Nc1ccc(S(=O)(=O)N2c3ccccc3C[C@H]2C(=O)N2c3ccccc3C[C@H]2C(=O)O)cc1. The molecule has 0 aromatic heterocycles. The number of nitrogens with one attached hydrogen (secondary N) is 1. The normalized spacial score (nSPS) is 18.5. The molecule has 2 amide bonds. The van der Waals surface area contributed by atoms with E-state index in [1.54, 1.807) is 48.5 Å². The Bertz CT molecular complexity index is 1490. The molecule has 9 nitrogen and oxygen atoms in total. The highest BCUT2D eigenvalue weighted by atomic mass is 32.2. The number of benzene rings is 3. The van der Waals surface area contributed by atoms with Gasteiger partial charge in [-0.3, -0.25) is 18.8 Å². The van der Waals surface area contributed by atoms with Gasteiger partial charge in [-0.05, 0) is 47.5 Å². The first-order valence-electron chi connectivity index (χ1n) is 11.3.